The molecule has 2 saturated carbocycles. The number of alkyl halides is 3. The number of hydrogen-bond donors (Lipinski definition) is 2. The third-order valence-electron chi connectivity index (χ3n) is 7.35. The van der Waals surface area contributed by atoms with Crippen LogP contribution >= 0.6 is 0 Å². The number of hydrogen-bond acceptors (Lipinski definition) is 5. The second kappa shape index (κ2) is 8.74. The SMILES string of the molecule is CC1CCC(n2c(Nc3cccc(C(F)(F)F)c3)nc3cnc(NC4(C)CCCC4)nc32)CC1. The lowest BCUT2D eigenvalue weighted by atomic mass is 9.87. The van der Waals surface area contributed by atoms with Gasteiger partial charge in [-0.05, 0) is 69.6 Å². The molecular weight excluding hydrogens is 441 g/mol. The smallest absolute Gasteiger partial charge is 0.349 e. The minimum absolute atomic E-state index is 0.0160. The maximum absolute atomic E-state index is 13.2. The van der Waals surface area contributed by atoms with Crippen LogP contribution in [-0.2, 0) is 6.18 Å². The number of nitrogens with one attached hydrogen (secondary N) is 2. The van der Waals surface area contributed by atoms with E-state index in [1.807, 2.05) is 0 Å². The maximum Gasteiger partial charge on any atom is 0.416 e. The average molecular weight is 473 g/mol. The summed E-state index contributed by atoms with van der Waals surface area (Å²) in [5.41, 5.74) is 0.990. The molecule has 0 bridgehead atoms. The van der Waals surface area contributed by atoms with Crippen molar-refractivity contribution in [3.63, 3.8) is 0 Å². The molecule has 2 aliphatic carbocycles. The van der Waals surface area contributed by atoms with Crippen LogP contribution < -0.4 is 10.6 Å². The number of halogens is 3. The van der Waals surface area contributed by atoms with Gasteiger partial charge in [-0.3, -0.25) is 4.57 Å². The first-order valence-electron chi connectivity index (χ1n) is 12.2. The van der Waals surface area contributed by atoms with Crippen molar-refractivity contribution in [3.05, 3.63) is 36.0 Å². The Bertz CT molecular complexity index is 1160. The maximum atomic E-state index is 13.2. The quantitative estimate of drug-likeness (QED) is 0.415. The molecule has 2 heterocycles. The van der Waals surface area contributed by atoms with E-state index in [-0.39, 0.29) is 11.6 Å². The van der Waals surface area contributed by atoms with Crippen LogP contribution in [0.5, 0.6) is 0 Å². The van der Waals surface area contributed by atoms with Crippen molar-refractivity contribution < 1.29 is 13.2 Å². The number of benzene rings is 1. The lowest BCUT2D eigenvalue weighted by Gasteiger charge is -2.29. The average Bonchev–Trinajstić information content (AvgIpc) is 3.37. The summed E-state index contributed by atoms with van der Waals surface area (Å²) in [7, 11) is 0. The number of anilines is 3. The second-order valence-corrected chi connectivity index (χ2v) is 10.2. The Morgan fingerprint density at radius 3 is 2.50 bits per heavy atom. The molecule has 0 spiro atoms. The molecule has 34 heavy (non-hydrogen) atoms. The molecule has 2 aromatic heterocycles. The molecule has 2 fully saturated rings. The Kier molecular flexibility index (Phi) is 5.90. The molecule has 0 unspecified atom stereocenters. The first-order valence-corrected chi connectivity index (χ1v) is 12.2. The van der Waals surface area contributed by atoms with Crippen LogP contribution in [0.15, 0.2) is 30.5 Å². The predicted molar refractivity (Wildman–Crippen MR) is 127 cm³/mol. The molecule has 6 nitrogen and oxygen atoms in total. The highest BCUT2D eigenvalue weighted by Gasteiger charge is 2.32. The van der Waals surface area contributed by atoms with Crippen molar-refractivity contribution in [2.45, 2.75) is 83.0 Å². The third kappa shape index (κ3) is 4.70. The van der Waals surface area contributed by atoms with Crippen LogP contribution in [0.3, 0.4) is 0 Å². The molecule has 3 aromatic rings. The van der Waals surface area contributed by atoms with Gasteiger partial charge in [0.1, 0.15) is 5.52 Å². The first-order chi connectivity index (χ1) is 16.2. The van der Waals surface area contributed by atoms with E-state index in [1.165, 1.54) is 18.9 Å². The lowest BCUT2D eigenvalue weighted by molar-refractivity contribution is -0.137. The highest BCUT2D eigenvalue weighted by atomic mass is 19.4. The number of fused-ring (bicyclic) bond motifs is 1. The zero-order valence-corrected chi connectivity index (χ0v) is 19.6. The summed E-state index contributed by atoms with van der Waals surface area (Å²) in [5, 5.41) is 6.67. The summed E-state index contributed by atoms with van der Waals surface area (Å²) in [6, 6.07) is 5.40. The van der Waals surface area contributed by atoms with Gasteiger partial charge >= 0.3 is 6.18 Å². The predicted octanol–water partition coefficient (Wildman–Crippen LogP) is 7.08. The summed E-state index contributed by atoms with van der Waals surface area (Å²) in [4.78, 5) is 14.1. The normalized spacial score (nSPS) is 22.7. The highest BCUT2D eigenvalue weighted by molar-refractivity contribution is 5.76. The van der Waals surface area contributed by atoms with Crippen LogP contribution in [-0.4, -0.2) is 25.1 Å². The van der Waals surface area contributed by atoms with Gasteiger partial charge in [-0.25, -0.2) is 9.97 Å². The molecule has 9 heteroatoms. The molecule has 182 valence electrons. The first kappa shape index (κ1) is 22.9. The van der Waals surface area contributed by atoms with E-state index in [1.54, 1.807) is 12.3 Å². The topological polar surface area (TPSA) is 67.7 Å². The minimum Gasteiger partial charge on any atom is -0.349 e. The monoisotopic (exact) mass is 472 g/mol. The van der Waals surface area contributed by atoms with Crippen LogP contribution in [0, 0.1) is 5.92 Å². The summed E-state index contributed by atoms with van der Waals surface area (Å²) in [5.74, 6) is 1.75. The summed E-state index contributed by atoms with van der Waals surface area (Å²) in [6.07, 6.45) is 6.00. The standard InChI is InChI=1S/C25H31F3N6/c1-16-8-10-19(11-9-16)34-21-20(15-29-22(32-21)33-24(2)12-3-4-13-24)31-23(34)30-18-7-5-6-17(14-18)25(26,27)28/h5-7,14-16,19H,3-4,8-13H2,1-2H3,(H,30,31)(H,29,32,33). The fraction of sp³-hybridized carbons (Fsp3) is 0.560. The van der Waals surface area contributed by atoms with Gasteiger partial charge in [0, 0.05) is 17.3 Å². The van der Waals surface area contributed by atoms with Crippen LogP contribution in [0.25, 0.3) is 11.2 Å². The molecule has 0 aliphatic heterocycles. The molecule has 2 N–H and O–H groups in total. The van der Waals surface area contributed by atoms with Gasteiger partial charge in [0.2, 0.25) is 11.9 Å². The zero-order chi connectivity index (χ0) is 23.9. The van der Waals surface area contributed by atoms with Crippen LogP contribution in [0.1, 0.15) is 76.8 Å². The number of nitrogens with zero attached hydrogens (tertiary/aromatic N) is 4. The van der Waals surface area contributed by atoms with E-state index < -0.39 is 11.7 Å². The fourth-order valence-electron chi connectivity index (χ4n) is 5.34. The van der Waals surface area contributed by atoms with Crippen molar-refractivity contribution in [3.8, 4) is 0 Å². The molecular formula is C25H31F3N6. The van der Waals surface area contributed by atoms with Gasteiger partial charge < -0.3 is 10.6 Å². The fourth-order valence-corrected chi connectivity index (χ4v) is 5.34. The number of rotatable bonds is 5. The molecule has 0 amide bonds. The number of aromatic nitrogens is 4. The Morgan fingerprint density at radius 2 is 1.79 bits per heavy atom. The third-order valence-corrected chi connectivity index (χ3v) is 7.35. The Labute approximate surface area is 197 Å². The van der Waals surface area contributed by atoms with Crippen molar-refractivity contribution in [1.82, 2.24) is 19.5 Å². The van der Waals surface area contributed by atoms with E-state index in [9.17, 15) is 13.2 Å². The van der Waals surface area contributed by atoms with Gasteiger partial charge in [-0.15, -0.1) is 0 Å². The zero-order valence-electron chi connectivity index (χ0n) is 19.6. The second-order valence-electron chi connectivity index (χ2n) is 10.2. The van der Waals surface area contributed by atoms with Gasteiger partial charge in [0.05, 0.1) is 11.8 Å². The summed E-state index contributed by atoms with van der Waals surface area (Å²) in [6.45, 7) is 4.46. The van der Waals surface area contributed by atoms with Gasteiger partial charge in [-0.1, -0.05) is 25.8 Å². The largest absolute Gasteiger partial charge is 0.416 e. The van der Waals surface area contributed by atoms with Crippen molar-refractivity contribution in [2.24, 2.45) is 5.92 Å². The van der Waals surface area contributed by atoms with Crippen molar-refractivity contribution in [1.29, 1.82) is 0 Å². The van der Waals surface area contributed by atoms with E-state index in [4.69, 9.17) is 9.97 Å². The molecule has 1 aromatic carbocycles. The van der Waals surface area contributed by atoms with Crippen LogP contribution in [0.2, 0.25) is 0 Å². The number of imidazole rings is 1. The van der Waals surface area contributed by atoms with Gasteiger partial charge in [-0.2, -0.15) is 18.2 Å². The summed E-state index contributed by atoms with van der Waals surface area (Å²) < 4.78 is 41.8. The van der Waals surface area contributed by atoms with Gasteiger partial charge in [0.25, 0.3) is 0 Å². The van der Waals surface area contributed by atoms with Gasteiger partial charge in [0.15, 0.2) is 5.65 Å². The van der Waals surface area contributed by atoms with E-state index in [2.05, 4.69) is 34.0 Å². The molecule has 0 atom stereocenters. The van der Waals surface area contributed by atoms with E-state index >= 15 is 0 Å². The Hall–Kier alpha value is -2.84. The Balaban J connectivity index is 1.53. The molecule has 2 aliphatic rings. The van der Waals surface area contributed by atoms with Crippen molar-refractivity contribution >= 4 is 28.7 Å². The lowest BCUT2D eigenvalue weighted by Crippen LogP contribution is -2.31. The Morgan fingerprint density at radius 1 is 1.06 bits per heavy atom. The minimum atomic E-state index is -4.40. The van der Waals surface area contributed by atoms with Crippen LogP contribution in [0.4, 0.5) is 30.8 Å². The molecule has 0 radical (unpaired) electrons. The van der Waals surface area contributed by atoms with E-state index in [0.29, 0.717) is 34.7 Å². The molecule has 5 rings (SSSR count). The van der Waals surface area contributed by atoms with E-state index in [0.717, 1.165) is 50.7 Å². The summed E-state index contributed by atoms with van der Waals surface area (Å²) >= 11 is 0. The van der Waals surface area contributed by atoms with Crippen molar-refractivity contribution in [2.75, 3.05) is 10.6 Å². The molecule has 0 saturated heterocycles. The highest BCUT2D eigenvalue weighted by Crippen LogP contribution is 2.38.